The molecule has 3 heteroatoms. The predicted octanol–water partition coefficient (Wildman–Crippen LogP) is 3.26. The lowest BCUT2D eigenvalue weighted by Gasteiger charge is -2.22. The highest BCUT2D eigenvalue weighted by Crippen LogP contribution is 2.34. The largest absolute Gasteiger partial charge is 0.496 e. The number of benzene rings is 2. The molecular weight excluding hydrogens is 250 g/mol. The Morgan fingerprint density at radius 1 is 1.10 bits per heavy atom. The van der Waals surface area contributed by atoms with Gasteiger partial charge in [-0.1, -0.05) is 36.4 Å². The summed E-state index contributed by atoms with van der Waals surface area (Å²) in [7, 11) is 3.82. The van der Waals surface area contributed by atoms with E-state index in [0.717, 1.165) is 30.2 Å². The third-order valence-electron chi connectivity index (χ3n) is 3.65. The third-order valence-corrected chi connectivity index (χ3v) is 3.65. The zero-order valence-corrected chi connectivity index (χ0v) is 11.9. The highest BCUT2D eigenvalue weighted by molar-refractivity contribution is 5.39. The fraction of sp³-hybridized carbons (Fsp3) is 0.294. The Hall–Kier alpha value is -2.00. The van der Waals surface area contributed by atoms with E-state index < -0.39 is 0 Å². The van der Waals surface area contributed by atoms with E-state index in [2.05, 4.69) is 30.1 Å². The van der Waals surface area contributed by atoms with Crippen LogP contribution in [0.1, 0.15) is 17.2 Å². The zero-order chi connectivity index (χ0) is 13.9. The first-order valence-corrected chi connectivity index (χ1v) is 6.84. The van der Waals surface area contributed by atoms with Crippen molar-refractivity contribution in [3.63, 3.8) is 0 Å². The van der Waals surface area contributed by atoms with Gasteiger partial charge in [-0.25, -0.2) is 0 Å². The summed E-state index contributed by atoms with van der Waals surface area (Å²) in [5, 5.41) is 0. The highest BCUT2D eigenvalue weighted by Gasteiger charge is 2.24. The second-order valence-electron chi connectivity index (χ2n) is 5.15. The lowest BCUT2D eigenvalue weighted by molar-refractivity contribution is 0.161. The quantitative estimate of drug-likeness (QED) is 0.835. The summed E-state index contributed by atoms with van der Waals surface area (Å²) in [5.41, 5.74) is 2.32. The Bertz CT molecular complexity index is 597. The fourth-order valence-corrected chi connectivity index (χ4v) is 2.67. The molecule has 3 nitrogen and oxygen atoms in total. The monoisotopic (exact) mass is 269 g/mol. The van der Waals surface area contributed by atoms with Crippen LogP contribution in [0.25, 0.3) is 0 Å². The number of para-hydroxylation sites is 2. The second-order valence-corrected chi connectivity index (χ2v) is 5.15. The van der Waals surface area contributed by atoms with E-state index in [1.807, 2.05) is 30.3 Å². The molecule has 0 bridgehead atoms. The predicted molar refractivity (Wildman–Crippen MR) is 79.1 cm³/mol. The van der Waals surface area contributed by atoms with Crippen molar-refractivity contribution >= 4 is 0 Å². The van der Waals surface area contributed by atoms with Crippen LogP contribution in [0.4, 0.5) is 0 Å². The van der Waals surface area contributed by atoms with Crippen LogP contribution >= 0.6 is 0 Å². The topological polar surface area (TPSA) is 21.7 Å². The van der Waals surface area contributed by atoms with Crippen LogP contribution in [0.2, 0.25) is 0 Å². The second kappa shape index (κ2) is 5.55. The first-order valence-electron chi connectivity index (χ1n) is 6.84. The van der Waals surface area contributed by atoms with Gasteiger partial charge in [-0.15, -0.1) is 0 Å². The molecule has 0 aromatic heterocycles. The molecule has 0 fully saturated rings. The molecule has 0 aliphatic carbocycles. The first kappa shape index (κ1) is 13.0. The molecule has 1 unspecified atom stereocenters. The lowest BCUT2D eigenvalue weighted by Crippen LogP contribution is -2.24. The van der Waals surface area contributed by atoms with Crippen molar-refractivity contribution in [1.29, 1.82) is 0 Å². The number of likely N-dealkylation sites (N-methyl/N-ethyl adjacent to an activating group) is 1. The molecule has 1 aliphatic heterocycles. The Labute approximate surface area is 119 Å². The molecule has 2 aromatic carbocycles. The van der Waals surface area contributed by atoms with Crippen molar-refractivity contribution in [2.75, 3.05) is 20.7 Å². The Kier molecular flexibility index (Phi) is 3.61. The van der Waals surface area contributed by atoms with Crippen molar-refractivity contribution < 1.29 is 9.47 Å². The molecule has 0 saturated heterocycles. The van der Waals surface area contributed by atoms with Gasteiger partial charge in [0.25, 0.3) is 0 Å². The van der Waals surface area contributed by atoms with E-state index in [9.17, 15) is 0 Å². The summed E-state index contributed by atoms with van der Waals surface area (Å²) in [4.78, 5) is 2.28. The minimum atomic E-state index is -0.0141. The van der Waals surface area contributed by atoms with Crippen LogP contribution < -0.4 is 9.47 Å². The molecule has 0 amide bonds. The summed E-state index contributed by atoms with van der Waals surface area (Å²) in [6.45, 7) is 1.75. The SMILES string of the molecule is COc1ccccc1C1CN(C)Cc2ccccc2O1. The molecule has 0 saturated carbocycles. The standard InChI is InChI=1S/C17H19NO2/c1-18-11-13-7-3-5-9-15(13)20-17(12-18)14-8-4-6-10-16(14)19-2/h3-10,17H,11-12H2,1-2H3. The number of nitrogens with zero attached hydrogens (tertiary/aromatic N) is 1. The average Bonchev–Trinajstić information content (AvgIpc) is 2.65. The molecule has 3 rings (SSSR count). The molecule has 1 atom stereocenters. The van der Waals surface area contributed by atoms with Gasteiger partial charge >= 0.3 is 0 Å². The zero-order valence-electron chi connectivity index (χ0n) is 11.9. The number of hydrogen-bond acceptors (Lipinski definition) is 3. The molecule has 104 valence electrons. The van der Waals surface area contributed by atoms with Gasteiger partial charge < -0.3 is 9.47 Å². The van der Waals surface area contributed by atoms with Crippen LogP contribution in [0, 0.1) is 0 Å². The average molecular weight is 269 g/mol. The molecule has 1 aliphatic rings. The van der Waals surface area contributed by atoms with Gasteiger partial charge in [-0.2, -0.15) is 0 Å². The van der Waals surface area contributed by atoms with Crippen molar-refractivity contribution in [2.24, 2.45) is 0 Å². The van der Waals surface area contributed by atoms with Crippen LogP contribution in [0.15, 0.2) is 48.5 Å². The number of methoxy groups -OCH3 is 1. The van der Waals surface area contributed by atoms with Crippen LogP contribution in [0.5, 0.6) is 11.5 Å². The van der Waals surface area contributed by atoms with E-state index in [1.54, 1.807) is 7.11 Å². The van der Waals surface area contributed by atoms with Gasteiger partial charge in [0.05, 0.1) is 7.11 Å². The number of fused-ring (bicyclic) bond motifs is 1. The Morgan fingerprint density at radius 3 is 2.70 bits per heavy atom. The molecule has 0 N–H and O–H groups in total. The van der Waals surface area contributed by atoms with Crippen molar-refractivity contribution in [3.05, 3.63) is 59.7 Å². The van der Waals surface area contributed by atoms with E-state index >= 15 is 0 Å². The third kappa shape index (κ3) is 2.49. The Morgan fingerprint density at radius 2 is 1.85 bits per heavy atom. The van der Waals surface area contributed by atoms with Crippen molar-refractivity contribution in [2.45, 2.75) is 12.6 Å². The number of ether oxygens (including phenoxy) is 2. The summed E-state index contributed by atoms with van der Waals surface area (Å²) < 4.78 is 11.7. The van der Waals surface area contributed by atoms with Gasteiger partial charge in [-0.3, -0.25) is 4.90 Å². The summed E-state index contributed by atoms with van der Waals surface area (Å²) in [6, 6.07) is 16.3. The molecular formula is C17H19NO2. The molecule has 0 spiro atoms. The van der Waals surface area contributed by atoms with E-state index in [4.69, 9.17) is 9.47 Å². The minimum Gasteiger partial charge on any atom is -0.496 e. The van der Waals surface area contributed by atoms with Crippen LogP contribution in [-0.2, 0) is 6.54 Å². The van der Waals surface area contributed by atoms with Gasteiger partial charge in [0.15, 0.2) is 0 Å². The van der Waals surface area contributed by atoms with Gasteiger partial charge in [0, 0.05) is 24.2 Å². The van der Waals surface area contributed by atoms with Gasteiger partial charge in [0.2, 0.25) is 0 Å². The lowest BCUT2D eigenvalue weighted by atomic mass is 10.1. The first-order chi connectivity index (χ1) is 9.78. The molecule has 0 radical (unpaired) electrons. The maximum atomic E-state index is 6.23. The minimum absolute atomic E-state index is 0.0141. The molecule has 1 heterocycles. The maximum Gasteiger partial charge on any atom is 0.140 e. The van der Waals surface area contributed by atoms with Gasteiger partial charge in [-0.05, 0) is 19.2 Å². The van der Waals surface area contributed by atoms with E-state index in [-0.39, 0.29) is 6.10 Å². The number of hydrogen-bond donors (Lipinski definition) is 0. The van der Waals surface area contributed by atoms with Crippen LogP contribution in [-0.4, -0.2) is 25.6 Å². The summed E-state index contributed by atoms with van der Waals surface area (Å²) in [6.07, 6.45) is -0.0141. The van der Waals surface area contributed by atoms with E-state index in [1.165, 1.54) is 5.56 Å². The summed E-state index contributed by atoms with van der Waals surface area (Å²) in [5.74, 6) is 1.85. The smallest absolute Gasteiger partial charge is 0.140 e. The fourth-order valence-electron chi connectivity index (χ4n) is 2.67. The van der Waals surface area contributed by atoms with Crippen LogP contribution in [0.3, 0.4) is 0 Å². The summed E-state index contributed by atoms with van der Waals surface area (Å²) >= 11 is 0. The maximum absolute atomic E-state index is 6.23. The van der Waals surface area contributed by atoms with E-state index in [0.29, 0.717) is 0 Å². The van der Waals surface area contributed by atoms with Crippen molar-refractivity contribution in [3.8, 4) is 11.5 Å². The Balaban J connectivity index is 1.98. The molecule has 20 heavy (non-hydrogen) atoms. The molecule has 2 aromatic rings. The van der Waals surface area contributed by atoms with Crippen molar-refractivity contribution in [1.82, 2.24) is 4.90 Å². The van der Waals surface area contributed by atoms with Gasteiger partial charge in [0.1, 0.15) is 17.6 Å². The normalized spacial score (nSPS) is 18.8. The highest BCUT2D eigenvalue weighted by atomic mass is 16.5. The number of rotatable bonds is 2.